The first-order valence-corrected chi connectivity index (χ1v) is 8.86. The molecule has 6 heteroatoms. The van der Waals surface area contributed by atoms with Gasteiger partial charge in [0.05, 0.1) is 6.54 Å². The summed E-state index contributed by atoms with van der Waals surface area (Å²) in [6, 6.07) is 15.4. The molecule has 0 unspecified atom stereocenters. The van der Waals surface area contributed by atoms with Gasteiger partial charge in [0.2, 0.25) is 5.89 Å². The van der Waals surface area contributed by atoms with Gasteiger partial charge in [0.1, 0.15) is 6.04 Å². The van der Waals surface area contributed by atoms with E-state index in [2.05, 4.69) is 29.2 Å². The first-order valence-electron chi connectivity index (χ1n) is 8.86. The van der Waals surface area contributed by atoms with Gasteiger partial charge in [0.25, 0.3) is 5.91 Å². The fourth-order valence-corrected chi connectivity index (χ4v) is 3.46. The molecule has 1 aromatic heterocycles. The van der Waals surface area contributed by atoms with Crippen molar-refractivity contribution in [2.45, 2.75) is 26.3 Å². The molecule has 0 bridgehead atoms. The zero-order chi connectivity index (χ0) is 19.0. The van der Waals surface area contributed by atoms with Crippen molar-refractivity contribution in [2.24, 2.45) is 0 Å². The quantitative estimate of drug-likeness (QED) is 0.766. The van der Waals surface area contributed by atoms with Crippen LogP contribution in [-0.4, -0.2) is 33.2 Å². The van der Waals surface area contributed by atoms with Crippen LogP contribution >= 0.6 is 0 Å². The SMILES string of the molecule is Cc1noc([C@@H]2CC(=N)CN2C(=O)c2ccc(-c3ccccc3C)cc2)n1. The number of amides is 1. The summed E-state index contributed by atoms with van der Waals surface area (Å²) in [5.74, 6) is 0.785. The molecule has 1 fully saturated rings. The minimum atomic E-state index is -0.373. The van der Waals surface area contributed by atoms with Crippen LogP contribution in [0.3, 0.4) is 0 Å². The number of benzene rings is 2. The summed E-state index contributed by atoms with van der Waals surface area (Å²) >= 11 is 0. The lowest BCUT2D eigenvalue weighted by atomic mass is 9.99. The van der Waals surface area contributed by atoms with Crippen LogP contribution in [0.2, 0.25) is 0 Å². The molecule has 2 aromatic carbocycles. The topological polar surface area (TPSA) is 83.1 Å². The Morgan fingerprint density at radius 2 is 1.89 bits per heavy atom. The molecule has 1 N–H and O–H groups in total. The Hall–Kier alpha value is -3.28. The van der Waals surface area contributed by atoms with E-state index >= 15 is 0 Å². The molecule has 136 valence electrons. The van der Waals surface area contributed by atoms with E-state index in [4.69, 9.17) is 9.93 Å². The summed E-state index contributed by atoms with van der Waals surface area (Å²) in [5.41, 5.74) is 4.49. The van der Waals surface area contributed by atoms with Crippen molar-refractivity contribution in [2.75, 3.05) is 6.54 Å². The van der Waals surface area contributed by atoms with E-state index in [0.717, 1.165) is 11.1 Å². The Labute approximate surface area is 157 Å². The molecule has 0 aliphatic carbocycles. The van der Waals surface area contributed by atoms with Gasteiger partial charge in [-0.05, 0) is 42.7 Å². The first kappa shape index (κ1) is 17.1. The highest BCUT2D eigenvalue weighted by Gasteiger charge is 2.37. The van der Waals surface area contributed by atoms with Gasteiger partial charge in [-0.1, -0.05) is 41.6 Å². The summed E-state index contributed by atoms with van der Waals surface area (Å²) < 4.78 is 5.25. The van der Waals surface area contributed by atoms with E-state index in [-0.39, 0.29) is 18.5 Å². The molecule has 1 atom stereocenters. The molecule has 2 heterocycles. The third kappa shape index (κ3) is 3.26. The number of likely N-dealkylation sites (tertiary alicyclic amines) is 1. The summed E-state index contributed by atoms with van der Waals surface area (Å²) in [5, 5.41) is 11.8. The molecule has 6 nitrogen and oxygen atoms in total. The molecular weight excluding hydrogens is 340 g/mol. The number of carbonyl (C=O) groups is 1. The predicted octanol–water partition coefficient (Wildman–Crippen LogP) is 3.96. The summed E-state index contributed by atoms with van der Waals surface area (Å²) in [7, 11) is 0. The number of hydrogen-bond donors (Lipinski definition) is 1. The average Bonchev–Trinajstić information content (AvgIpc) is 3.27. The number of carbonyl (C=O) groups excluding carboxylic acids is 1. The van der Waals surface area contributed by atoms with Crippen LogP contribution in [0.5, 0.6) is 0 Å². The number of nitrogens with zero attached hydrogens (tertiary/aromatic N) is 3. The maximum atomic E-state index is 13.0. The molecule has 27 heavy (non-hydrogen) atoms. The van der Waals surface area contributed by atoms with Crippen LogP contribution in [0.15, 0.2) is 53.1 Å². The first-order chi connectivity index (χ1) is 13.0. The Morgan fingerprint density at radius 1 is 1.15 bits per heavy atom. The number of hydrogen-bond acceptors (Lipinski definition) is 5. The summed E-state index contributed by atoms with van der Waals surface area (Å²) in [6.07, 6.45) is 0.425. The van der Waals surface area contributed by atoms with Gasteiger partial charge >= 0.3 is 0 Å². The molecule has 1 aliphatic rings. The fraction of sp³-hybridized carbons (Fsp3) is 0.238. The van der Waals surface area contributed by atoms with Gasteiger partial charge in [-0.2, -0.15) is 4.98 Å². The molecule has 1 amide bonds. The van der Waals surface area contributed by atoms with Crippen molar-refractivity contribution in [3.63, 3.8) is 0 Å². The fourth-order valence-electron chi connectivity index (χ4n) is 3.46. The van der Waals surface area contributed by atoms with Crippen LogP contribution in [0.1, 0.15) is 40.1 Å². The third-order valence-corrected chi connectivity index (χ3v) is 4.85. The van der Waals surface area contributed by atoms with Gasteiger partial charge in [-0.25, -0.2) is 0 Å². The number of rotatable bonds is 3. The smallest absolute Gasteiger partial charge is 0.254 e. The van der Waals surface area contributed by atoms with Crippen molar-refractivity contribution in [1.82, 2.24) is 15.0 Å². The minimum Gasteiger partial charge on any atom is -0.337 e. The van der Waals surface area contributed by atoms with Gasteiger partial charge in [-0.15, -0.1) is 0 Å². The monoisotopic (exact) mass is 360 g/mol. The van der Waals surface area contributed by atoms with Crippen molar-refractivity contribution in [3.05, 3.63) is 71.4 Å². The minimum absolute atomic E-state index is 0.130. The van der Waals surface area contributed by atoms with E-state index in [1.807, 2.05) is 36.4 Å². The van der Waals surface area contributed by atoms with E-state index in [1.165, 1.54) is 5.56 Å². The van der Waals surface area contributed by atoms with Crippen molar-refractivity contribution in [3.8, 4) is 11.1 Å². The molecular formula is C21H20N4O2. The van der Waals surface area contributed by atoms with Crippen LogP contribution in [-0.2, 0) is 0 Å². The highest BCUT2D eigenvalue weighted by molar-refractivity contribution is 6.00. The Bertz CT molecular complexity index is 1010. The van der Waals surface area contributed by atoms with Crippen molar-refractivity contribution in [1.29, 1.82) is 5.41 Å². The second kappa shape index (κ2) is 6.79. The van der Waals surface area contributed by atoms with Crippen LogP contribution in [0.25, 0.3) is 11.1 Å². The lowest BCUT2D eigenvalue weighted by molar-refractivity contribution is 0.0713. The second-order valence-corrected chi connectivity index (χ2v) is 6.83. The molecule has 0 saturated carbocycles. The van der Waals surface area contributed by atoms with E-state index in [0.29, 0.717) is 29.4 Å². The Balaban J connectivity index is 1.60. The maximum Gasteiger partial charge on any atom is 0.254 e. The Kier molecular flexibility index (Phi) is 4.32. The van der Waals surface area contributed by atoms with Crippen LogP contribution < -0.4 is 0 Å². The highest BCUT2D eigenvalue weighted by Crippen LogP contribution is 2.31. The van der Waals surface area contributed by atoms with Gasteiger partial charge < -0.3 is 14.8 Å². The van der Waals surface area contributed by atoms with Crippen LogP contribution in [0, 0.1) is 19.3 Å². The zero-order valence-corrected chi connectivity index (χ0v) is 15.3. The lowest BCUT2D eigenvalue weighted by Crippen LogP contribution is -2.31. The van der Waals surface area contributed by atoms with Gasteiger partial charge in [0, 0.05) is 17.7 Å². The number of aromatic nitrogens is 2. The average molecular weight is 360 g/mol. The lowest BCUT2D eigenvalue weighted by Gasteiger charge is -2.21. The molecule has 4 rings (SSSR count). The highest BCUT2D eigenvalue weighted by atomic mass is 16.5. The van der Waals surface area contributed by atoms with Crippen molar-refractivity contribution >= 4 is 11.6 Å². The zero-order valence-electron chi connectivity index (χ0n) is 15.3. The normalized spacial score (nSPS) is 16.7. The van der Waals surface area contributed by atoms with E-state index < -0.39 is 0 Å². The predicted molar refractivity (Wildman–Crippen MR) is 102 cm³/mol. The largest absolute Gasteiger partial charge is 0.337 e. The molecule has 0 radical (unpaired) electrons. The standard InChI is InChI=1S/C21H20N4O2/c1-13-5-3-4-6-18(13)15-7-9-16(10-8-15)21(26)25-12-17(22)11-19(25)20-23-14(2)24-27-20/h3-10,19,22H,11-12H2,1-2H3/t19-/m0/s1. The molecule has 1 saturated heterocycles. The van der Waals surface area contributed by atoms with Crippen molar-refractivity contribution < 1.29 is 9.32 Å². The summed E-state index contributed by atoms with van der Waals surface area (Å²) in [4.78, 5) is 18.9. The second-order valence-electron chi connectivity index (χ2n) is 6.83. The molecule has 0 spiro atoms. The van der Waals surface area contributed by atoms with E-state index in [1.54, 1.807) is 11.8 Å². The summed E-state index contributed by atoms with van der Waals surface area (Å²) in [6.45, 7) is 4.09. The van der Waals surface area contributed by atoms with Gasteiger partial charge in [-0.3, -0.25) is 4.79 Å². The Morgan fingerprint density at radius 3 is 2.56 bits per heavy atom. The van der Waals surface area contributed by atoms with Crippen LogP contribution in [0.4, 0.5) is 0 Å². The van der Waals surface area contributed by atoms with Gasteiger partial charge in [0.15, 0.2) is 5.82 Å². The van der Waals surface area contributed by atoms with E-state index in [9.17, 15) is 4.79 Å². The maximum absolute atomic E-state index is 13.0. The molecule has 3 aromatic rings. The number of nitrogens with one attached hydrogen (secondary N) is 1. The molecule has 1 aliphatic heterocycles. The third-order valence-electron chi connectivity index (χ3n) is 4.85. The number of aryl methyl sites for hydroxylation is 2.